The van der Waals surface area contributed by atoms with Crippen LogP contribution in [-0.4, -0.2) is 52.2 Å². The van der Waals surface area contributed by atoms with Gasteiger partial charge in [-0.1, -0.05) is 33.1 Å². The predicted octanol–water partition coefficient (Wildman–Crippen LogP) is 3.60. The van der Waals surface area contributed by atoms with Crippen molar-refractivity contribution >= 4 is 5.97 Å². The van der Waals surface area contributed by atoms with Gasteiger partial charge in [-0.05, 0) is 25.7 Å². The van der Waals surface area contributed by atoms with E-state index in [0.29, 0.717) is 65.0 Å². The lowest BCUT2D eigenvalue weighted by atomic mass is 10.0. The van der Waals surface area contributed by atoms with Crippen molar-refractivity contribution in [1.29, 1.82) is 0 Å². The molecule has 0 rings (SSSR count). The van der Waals surface area contributed by atoms with Gasteiger partial charge >= 0.3 is 5.97 Å². The highest BCUT2D eigenvalue weighted by atomic mass is 16.5. The second-order valence-electron chi connectivity index (χ2n) is 5.62. The topological polar surface area (TPSA) is 54.0 Å². The third kappa shape index (κ3) is 16.0. The van der Waals surface area contributed by atoms with Crippen LogP contribution in [0.2, 0.25) is 0 Å². The average molecular weight is 332 g/mol. The van der Waals surface area contributed by atoms with E-state index in [2.05, 4.69) is 13.8 Å². The molecule has 5 nitrogen and oxygen atoms in total. The minimum atomic E-state index is -0.114. The fourth-order valence-electron chi connectivity index (χ4n) is 2.08. The summed E-state index contributed by atoms with van der Waals surface area (Å²) in [6, 6.07) is 0. The van der Waals surface area contributed by atoms with E-state index >= 15 is 0 Å². The SMILES string of the molecule is CCCCC(CC)COC(=O)CCCOCCOCCOCC. The Hall–Kier alpha value is -0.650. The Labute approximate surface area is 142 Å². The van der Waals surface area contributed by atoms with Gasteiger partial charge in [0.1, 0.15) is 0 Å². The first-order valence-corrected chi connectivity index (χ1v) is 9.13. The van der Waals surface area contributed by atoms with E-state index in [0.717, 1.165) is 12.8 Å². The molecule has 0 N–H and O–H groups in total. The molecule has 0 amide bonds. The molecule has 23 heavy (non-hydrogen) atoms. The normalized spacial score (nSPS) is 12.3. The van der Waals surface area contributed by atoms with Crippen LogP contribution in [0.1, 0.15) is 59.3 Å². The van der Waals surface area contributed by atoms with E-state index in [1.807, 2.05) is 6.92 Å². The van der Waals surface area contributed by atoms with Crippen molar-refractivity contribution in [3.8, 4) is 0 Å². The van der Waals surface area contributed by atoms with E-state index in [-0.39, 0.29) is 5.97 Å². The molecule has 0 radical (unpaired) electrons. The molecule has 1 unspecified atom stereocenters. The summed E-state index contributed by atoms with van der Waals surface area (Å²) in [4.78, 5) is 11.7. The molecule has 0 aromatic carbocycles. The van der Waals surface area contributed by atoms with Gasteiger partial charge in [0.15, 0.2) is 0 Å². The summed E-state index contributed by atoms with van der Waals surface area (Å²) in [6.45, 7) is 10.5. The number of carbonyl (C=O) groups excluding carboxylic acids is 1. The molecule has 0 heterocycles. The minimum Gasteiger partial charge on any atom is -0.465 e. The van der Waals surface area contributed by atoms with E-state index in [4.69, 9.17) is 18.9 Å². The van der Waals surface area contributed by atoms with Gasteiger partial charge in [0.25, 0.3) is 0 Å². The first-order chi connectivity index (χ1) is 11.2. The molecular formula is C18H36O5. The van der Waals surface area contributed by atoms with E-state index in [9.17, 15) is 4.79 Å². The number of esters is 1. The smallest absolute Gasteiger partial charge is 0.305 e. The van der Waals surface area contributed by atoms with E-state index in [1.54, 1.807) is 0 Å². The molecule has 0 aliphatic heterocycles. The molecule has 0 saturated heterocycles. The summed E-state index contributed by atoms with van der Waals surface area (Å²) >= 11 is 0. The van der Waals surface area contributed by atoms with Gasteiger partial charge < -0.3 is 18.9 Å². The highest BCUT2D eigenvalue weighted by Crippen LogP contribution is 2.13. The summed E-state index contributed by atoms with van der Waals surface area (Å²) in [7, 11) is 0. The van der Waals surface area contributed by atoms with Gasteiger partial charge in [0, 0.05) is 19.6 Å². The number of hydrogen-bond acceptors (Lipinski definition) is 5. The van der Waals surface area contributed by atoms with Crippen LogP contribution < -0.4 is 0 Å². The predicted molar refractivity (Wildman–Crippen MR) is 91.6 cm³/mol. The number of hydrogen-bond donors (Lipinski definition) is 0. The fourth-order valence-corrected chi connectivity index (χ4v) is 2.08. The van der Waals surface area contributed by atoms with Crippen LogP contribution in [0, 0.1) is 5.92 Å². The Bertz CT molecular complexity index is 258. The number of unbranched alkanes of at least 4 members (excludes halogenated alkanes) is 1. The first kappa shape index (κ1) is 22.4. The lowest BCUT2D eigenvalue weighted by molar-refractivity contribution is -0.145. The molecule has 0 aromatic rings. The third-order valence-electron chi connectivity index (χ3n) is 3.64. The Kier molecular flexibility index (Phi) is 17.2. The van der Waals surface area contributed by atoms with Crippen LogP contribution in [0.15, 0.2) is 0 Å². The summed E-state index contributed by atoms with van der Waals surface area (Å²) < 4.78 is 21.2. The molecule has 1 atom stereocenters. The highest BCUT2D eigenvalue weighted by Gasteiger charge is 2.09. The lowest BCUT2D eigenvalue weighted by Crippen LogP contribution is -2.14. The Balaban J connectivity index is 3.36. The van der Waals surface area contributed by atoms with Crippen molar-refractivity contribution in [3.63, 3.8) is 0 Å². The van der Waals surface area contributed by atoms with Crippen LogP contribution >= 0.6 is 0 Å². The van der Waals surface area contributed by atoms with Crippen molar-refractivity contribution in [2.45, 2.75) is 59.3 Å². The Morgan fingerprint density at radius 1 is 0.870 bits per heavy atom. The maximum Gasteiger partial charge on any atom is 0.305 e. The molecule has 138 valence electrons. The van der Waals surface area contributed by atoms with Crippen LogP contribution in [0.3, 0.4) is 0 Å². The van der Waals surface area contributed by atoms with Gasteiger partial charge in [-0.2, -0.15) is 0 Å². The van der Waals surface area contributed by atoms with Crippen LogP contribution in [0.25, 0.3) is 0 Å². The zero-order valence-electron chi connectivity index (χ0n) is 15.3. The summed E-state index contributed by atoms with van der Waals surface area (Å²) in [5.41, 5.74) is 0. The van der Waals surface area contributed by atoms with E-state index < -0.39 is 0 Å². The van der Waals surface area contributed by atoms with Crippen LogP contribution in [0.5, 0.6) is 0 Å². The monoisotopic (exact) mass is 332 g/mol. The Morgan fingerprint density at radius 2 is 1.52 bits per heavy atom. The molecule has 0 aromatic heterocycles. The molecule has 0 aliphatic carbocycles. The van der Waals surface area contributed by atoms with Gasteiger partial charge in [-0.3, -0.25) is 4.79 Å². The summed E-state index contributed by atoms with van der Waals surface area (Å²) in [6.07, 6.45) is 5.74. The largest absolute Gasteiger partial charge is 0.465 e. The second kappa shape index (κ2) is 17.7. The number of rotatable bonds is 17. The standard InChI is InChI=1S/C18H36O5/c1-4-7-9-17(5-2)16-23-18(19)10-8-11-21-14-15-22-13-12-20-6-3/h17H,4-16H2,1-3H3. The van der Waals surface area contributed by atoms with Gasteiger partial charge in [0.05, 0.1) is 33.0 Å². The van der Waals surface area contributed by atoms with Crippen molar-refractivity contribution in [1.82, 2.24) is 0 Å². The molecule has 0 spiro atoms. The second-order valence-corrected chi connectivity index (χ2v) is 5.62. The van der Waals surface area contributed by atoms with Gasteiger partial charge in [0.2, 0.25) is 0 Å². The third-order valence-corrected chi connectivity index (χ3v) is 3.64. The fraction of sp³-hybridized carbons (Fsp3) is 0.944. The zero-order chi connectivity index (χ0) is 17.2. The van der Waals surface area contributed by atoms with Gasteiger partial charge in [-0.25, -0.2) is 0 Å². The van der Waals surface area contributed by atoms with Crippen molar-refractivity contribution in [2.75, 3.05) is 46.2 Å². The Morgan fingerprint density at radius 3 is 2.13 bits per heavy atom. The first-order valence-electron chi connectivity index (χ1n) is 9.13. The lowest BCUT2D eigenvalue weighted by Gasteiger charge is -2.14. The van der Waals surface area contributed by atoms with Crippen molar-refractivity contribution in [2.24, 2.45) is 5.92 Å². The highest BCUT2D eigenvalue weighted by molar-refractivity contribution is 5.69. The number of ether oxygens (including phenoxy) is 4. The molecular weight excluding hydrogens is 296 g/mol. The van der Waals surface area contributed by atoms with Crippen molar-refractivity contribution < 1.29 is 23.7 Å². The maximum atomic E-state index is 11.7. The molecule has 0 fully saturated rings. The van der Waals surface area contributed by atoms with Crippen LogP contribution in [-0.2, 0) is 23.7 Å². The molecule has 0 aliphatic rings. The van der Waals surface area contributed by atoms with E-state index in [1.165, 1.54) is 12.8 Å². The summed E-state index contributed by atoms with van der Waals surface area (Å²) in [5, 5.41) is 0. The molecule has 0 saturated carbocycles. The maximum absolute atomic E-state index is 11.7. The molecule has 5 heteroatoms. The zero-order valence-corrected chi connectivity index (χ0v) is 15.3. The van der Waals surface area contributed by atoms with Gasteiger partial charge in [-0.15, -0.1) is 0 Å². The average Bonchev–Trinajstić information content (AvgIpc) is 2.56. The van der Waals surface area contributed by atoms with Crippen LogP contribution in [0.4, 0.5) is 0 Å². The summed E-state index contributed by atoms with van der Waals surface area (Å²) in [5.74, 6) is 0.389. The minimum absolute atomic E-state index is 0.114. The van der Waals surface area contributed by atoms with Crippen molar-refractivity contribution in [3.05, 3.63) is 0 Å². The molecule has 0 bridgehead atoms. The number of carbonyl (C=O) groups is 1. The quantitative estimate of drug-likeness (QED) is 0.301.